The van der Waals surface area contributed by atoms with Gasteiger partial charge in [0.15, 0.2) is 0 Å². The summed E-state index contributed by atoms with van der Waals surface area (Å²) in [5, 5.41) is 12.4. The lowest BCUT2D eigenvalue weighted by Gasteiger charge is -2.26. The molecule has 2 N–H and O–H groups in total. The number of hydrogen-bond acceptors (Lipinski definition) is 6. The Morgan fingerprint density at radius 3 is 2.88 bits per heavy atom. The molecule has 0 aromatic heterocycles. The van der Waals surface area contributed by atoms with E-state index in [1.54, 1.807) is 24.3 Å². The number of carbonyl (C=O) groups is 2. The second-order valence-corrected chi connectivity index (χ2v) is 6.49. The lowest BCUT2D eigenvalue weighted by atomic mass is 10.1. The minimum Gasteiger partial charge on any atom is -0.508 e. The van der Waals surface area contributed by atoms with Crippen LogP contribution in [0, 0.1) is 0 Å². The van der Waals surface area contributed by atoms with Crippen molar-refractivity contribution in [3.05, 3.63) is 29.8 Å². The molecule has 0 unspecified atom stereocenters. The SMILES string of the molecule is O=C(NCCCN1CCOCC1)[C@@H]1COC(=O)N1Cc1cccc(O)c1. The molecule has 0 radical (unpaired) electrons. The summed E-state index contributed by atoms with van der Waals surface area (Å²) in [7, 11) is 0. The van der Waals surface area contributed by atoms with Crippen LogP contribution in [0.1, 0.15) is 12.0 Å². The van der Waals surface area contributed by atoms with E-state index in [-0.39, 0.29) is 24.8 Å². The molecule has 0 spiro atoms. The van der Waals surface area contributed by atoms with Gasteiger partial charge in [-0.1, -0.05) is 12.1 Å². The molecule has 26 heavy (non-hydrogen) atoms. The fourth-order valence-electron chi connectivity index (χ4n) is 3.15. The molecule has 2 amide bonds. The molecule has 2 aliphatic rings. The number of cyclic esters (lactones) is 1. The summed E-state index contributed by atoms with van der Waals surface area (Å²) >= 11 is 0. The molecule has 1 aromatic rings. The van der Waals surface area contributed by atoms with Crippen molar-refractivity contribution in [3.63, 3.8) is 0 Å². The summed E-state index contributed by atoms with van der Waals surface area (Å²) in [4.78, 5) is 28.1. The monoisotopic (exact) mass is 363 g/mol. The summed E-state index contributed by atoms with van der Waals surface area (Å²) in [5.41, 5.74) is 0.744. The molecule has 1 aromatic carbocycles. The van der Waals surface area contributed by atoms with Crippen LogP contribution in [0.2, 0.25) is 0 Å². The topological polar surface area (TPSA) is 91.3 Å². The Bertz CT molecular complexity index is 633. The lowest BCUT2D eigenvalue weighted by molar-refractivity contribution is -0.125. The van der Waals surface area contributed by atoms with E-state index in [4.69, 9.17) is 9.47 Å². The van der Waals surface area contributed by atoms with Gasteiger partial charge < -0.3 is 19.9 Å². The van der Waals surface area contributed by atoms with Gasteiger partial charge in [-0.25, -0.2) is 4.79 Å². The summed E-state index contributed by atoms with van der Waals surface area (Å²) in [5.74, 6) is -0.0860. The number of ether oxygens (including phenoxy) is 2. The number of phenolic OH excluding ortho intramolecular Hbond substituents is 1. The third kappa shape index (κ3) is 4.86. The molecule has 8 nitrogen and oxygen atoms in total. The number of nitrogens with one attached hydrogen (secondary N) is 1. The first-order valence-corrected chi connectivity index (χ1v) is 8.92. The van der Waals surface area contributed by atoms with Gasteiger partial charge in [-0.05, 0) is 30.7 Å². The number of rotatable bonds is 7. The number of hydrogen-bond donors (Lipinski definition) is 2. The Kier molecular flexibility index (Phi) is 6.30. The van der Waals surface area contributed by atoms with Crippen molar-refractivity contribution >= 4 is 12.0 Å². The molecule has 0 aliphatic carbocycles. The Balaban J connectivity index is 1.46. The zero-order chi connectivity index (χ0) is 18.4. The van der Waals surface area contributed by atoms with E-state index in [0.29, 0.717) is 6.54 Å². The van der Waals surface area contributed by atoms with Gasteiger partial charge >= 0.3 is 6.09 Å². The van der Waals surface area contributed by atoms with Gasteiger partial charge in [0.1, 0.15) is 18.4 Å². The van der Waals surface area contributed by atoms with Crippen molar-refractivity contribution in [1.29, 1.82) is 0 Å². The predicted octanol–water partition coefficient (Wildman–Crippen LogP) is 0.552. The van der Waals surface area contributed by atoms with E-state index in [9.17, 15) is 14.7 Å². The van der Waals surface area contributed by atoms with E-state index < -0.39 is 12.1 Å². The predicted molar refractivity (Wildman–Crippen MR) is 93.7 cm³/mol. The highest BCUT2D eigenvalue weighted by molar-refractivity contribution is 5.87. The van der Waals surface area contributed by atoms with Crippen LogP contribution in [0.25, 0.3) is 0 Å². The highest BCUT2D eigenvalue weighted by Gasteiger charge is 2.37. The summed E-state index contributed by atoms with van der Waals surface area (Å²) in [6.07, 6.45) is 0.335. The Hall–Kier alpha value is -2.32. The highest BCUT2D eigenvalue weighted by atomic mass is 16.6. The maximum Gasteiger partial charge on any atom is 0.410 e. The zero-order valence-corrected chi connectivity index (χ0v) is 14.7. The minimum atomic E-state index is -0.645. The Labute approximate surface area is 152 Å². The Morgan fingerprint density at radius 1 is 1.31 bits per heavy atom. The third-order valence-electron chi connectivity index (χ3n) is 4.60. The molecular weight excluding hydrogens is 338 g/mol. The molecule has 0 bridgehead atoms. The van der Waals surface area contributed by atoms with Crippen molar-refractivity contribution in [2.75, 3.05) is 46.0 Å². The summed E-state index contributed by atoms with van der Waals surface area (Å²) in [6.45, 7) is 5.12. The smallest absolute Gasteiger partial charge is 0.410 e. The van der Waals surface area contributed by atoms with Crippen molar-refractivity contribution < 1.29 is 24.2 Å². The molecule has 2 saturated heterocycles. The minimum absolute atomic E-state index is 0.0486. The quantitative estimate of drug-likeness (QED) is 0.688. The standard InChI is InChI=1S/C18H25N3O5/c22-15-4-1-3-14(11-15)12-21-16(13-26-18(21)24)17(23)19-5-2-6-20-7-9-25-10-8-20/h1,3-4,11,16,22H,2,5-10,12-13H2,(H,19,23)/t16-/m0/s1. The van der Waals surface area contributed by atoms with Gasteiger partial charge in [0.05, 0.1) is 19.8 Å². The van der Waals surface area contributed by atoms with Gasteiger partial charge in [-0.3, -0.25) is 14.6 Å². The van der Waals surface area contributed by atoms with Gasteiger partial charge in [0.2, 0.25) is 5.91 Å². The highest BCUT2D eigenvalue weighted by Crippen LogP contribution is 2.19. The fraction of sp³-hybridized carbons (Fsp3) is 0.556. The number of nitrogens with zero attached hydrogens (tertiary/aromatic N) is 2. The van der Waals surface area contributed by atoms with Crippen LogP contribution in [-0.2, 0) is 20.8 Å². The third-order valence-corrected chi connectivity index (χ3v) is 4.60. The van der Waals surface area contributed by atoms with E-state index in [2.05, 4.69) is 10.2 Å². The van der Waals surface area contributed by atoms with Crippen LogP contribution in [0.4, 0.5) is 4.79 Å². The number of benzene rings is 1. The largest absolute Gasteiger partial charge is 0.508 e. The summed E-state index contributed by atoms with van der Waals surface area (Å²) in [6, 6.07) is 5.98. The molecule has 2 aliphatic heterocycles. The molecule has 2 fully saturated rings. The number of carbonyl (C=O) groups excluding carboxylic acids is 2. The molecule has 0 saturated carbocycles. The fourth-order valence-corrected chi connectivity index (χ4v) is 3.15. The van der Waals surface area contributed by atoms with Crippen LogP contribution in [0.15, 0.2) is 24.3 Å². The van der Waals surface area contributed by atoms with Crippen LogP contribution >= 0.6 is 0 Å². The molecule has 3 rings (SSSR count). The van der Waals surface area contributed by atoms with Crippen LogP contribution in [-0.4, -0.2) is 78.9 Å². The van der Waals surface area contributed by atoms with Gasteiger partial charge in [-0.2, -0.15) is 0 Å². The lowest BCUT2D eigenvalue weighted by Crippen LogP contribution is -2.46. The van der Waals surface area contributed by atoms with E-state index in [1.165, 1.54) is 4.90 Å². The maximum absolute atomic E-state index is 12.4. The van der Waals surface area contributed by atoms with E-state index >= 15 is 0 Å². The second-order valence-electron chi connectivity index (χ2n) is 6.49. The second kappa shape index (κ2) is 8.86. The summed E-state index contributed by atoms with van der Waals surface area (Å²) < 4.78 is 10.4. The van der Waals surface area contributed by atoms with Crippen molar-refractivity contribution in [3.8, 4) is 5.75 Å². The van der Waals surface area contributed by atoms with E-state index in [1.807, 2.05) is 0 Å². The molecular formula is C18H25N3O5. The average Bonchev–Trinajstić information content (AvgIpc) is 3.00. The number of aromatic hydroxyl groups is 1. The number of amides is 2. The first-order valence-electron chi connectivity index (χ1n) is 8.92. The first kappa shape index (κ1) is 18.5. The van der Waals surface area contributed by atoms with Gasteiger partial charge in [0.25, 0.3) is 0 Å². The van der Waals surface area contributed by atoms with Crippen LogP contribution in [0.3, 0.4) is 0 Å². The van der Waals surface area contributed by atoms with Crippen LogP contribution < -0.4 is 5.32 Å². The number of morpholine rings is 1. The maximum atomic E-state index is 12.4. The van der Waals surface area contributed by atoms with Gasteiger partial charge in [-0.15, -0.1) is 0 Å². The van der Waals surface area contributed by atoms with Crippen molar-refractivity contribution in [1.82, 2.24) is 15.1 Å². The molecule has 142 valence electrons. The average molecular weight is 363 g/mol. The van der Waals surface area contributed by atoms with Crippen molar-refractivity contribution in [2.24, 2.45) is 0 Å². The molecule has 8 heteroatoms. The normalized spacial score (nSPS) is 20.8. The number of phenols is 1. The zero-order valence-electron chi connectivity index (χ0n) is 14.7. The molecule has 2 heterocycles. The van der Waals surface area contributed by atoms with Crippen molar-refractivity contribution in [2.45, 2.75) is 19.0 Å². The van der Waals surface area contributed by atoms with Crippen LogP contribution in [0.5, 0.6) is 5.75 Å². The molecule has 1 atom stereocenters. The van der Waals surface area contributed by atoms with Gasteiger partial charge in [0, 0.05) is 19.6 Å². The van der Waals surface area contributed by atoms with E-state index in [0.717, 1.165) is 44.8 Å². The Morgan fingerprint density at radius 2 is 2.12 bits per heavy atom. The first-order chi connectivity index (χ1) is 12.6.